The third-order valence-corrected chi connectivity index (χ3v) is 7.23. The van der Waals surface area contributed by atoms with Crippen molar-refractivity contribution >= 4 is 51.8 Å². The number of halogens is 2. The molecule has 42 heavy (non-hydrogen) atoms. The summed E-state index contributed by atoms with van der Waals surface area (Å²) in [6, 6.07) is 9.63. The lowest BCUT2D eigenvalue weighted by molar-refractivity contribution is -0.111. The topological polar surface area (TPSA) is 148 Å². The summed E-state index contributed by atoms with van der Waals surface area (Å²) in [5, 5.41) is 25.3. The zero-order valence-corrected chi connectivity index (χ0v) is 24.4. The smallest absolute Gasteiger partial charge is 0.260 e. The molecule has 0 aliphatic rings. The van der Waals surface area contributed by atoms with Gasteiger partial charge in [0.25, 0.3) is 5.56 Å². The van der Waals surface area contributed by atoms with Crippen LogP contribution in [-0.4, -0.2) is 64.1 Å². The number of methoxy groups -OCH3 is 2. The van der Waals surface area contributed by atoms with Crippen molar-refractivity contribution in [2.75, 3.05) is 38.1 Å². The first-order valence-corrected chi connectivity index (χ1v) is 13.5. The standard InChI is InChI=1S/C29H29Cl2N5O6/c1-4-23(39)33-18-7-5-16(6-8-18)9-10-36-27-17(13-32-29(35-27)34-19(14-37)15-38)11-20(28(36)40)24-25(30)21(41-2)12-22(42-3)26(24)31/h4-8,11-13,19,37-38H,1,9-10,14-15H2,2-3H3,(H,33,39)(H,32,34,35). The summed E-state index contributed by atoms with van der Waals surface area (Å²) in [5.41, 5.74) is 1.81. The quantitative estimate of drug-likeness (QED) is 0.174. The molecule has 0 saturated carbocycles. The van der Waals surface area contributed by atoms with Crippen molar-refractivity contribution in [3.8, 4) is 22.6 Å². The molecule has 0 unspecified atom stereocenters. The Balaban J connectivity index is 1.85. The van der Waals surface area contributed by atoms with Crippen molar-refractivity contribution < 1.29 is 24.5 Å². The van der Waals surface area contributed by atoms with E-state index in [2.05, 4.69) is 27.2 Å². The van der Waals surface area contributed by atoms with Gasteiger partial charge in [-0.25, -0.2) is 4.98 Å². The Bertz CT molecular complexity index is 1640. The number of aliphatic hydroxyl groups excluding tert-OH is 2. The number of aromatic nitrogens is 3. The first kappa shape index (κ1) is 30.8. The number of aryl methyl sites for hydroxylation is 2. The van der Waals surface area contributed by atoms with E-state index >= 15 is 0 Å². The maximum Gasteiger partial charge on any atom is 0.260 e. The summed E-state index contributed by atoms with van der Waals surface area (Å²) in [7, 11) is 2.89. The lowest BCUT2D eigenvalue weighted by Crippen LogP contribution is -2.29. The van der Waals surface area contributed by atoms with Gasteiger partial charge in [-0.3, -0.25) is 14.2 Å². The molecule has 4 N–H and O–H groups in total. The van der Waals surface area contributed by atoms with Gasteiger partial charge in [0.05, 0.1) is 49.1 Å². The molecule has 13 heteroatoms. The number of carbonyl (C=O) groups is 1. The van der Waals surface area contributed by atoms with Crippen molar-refractivity contribution in [3.05, 3.63) is 81.2 Å². The predicted octanol–water partition coefficient (Wildman–Crippen LogP) is 3.91. The summed E-state index contributed by atoms with van der Waals surface area (Å²) in [6.45, 7) is 2.96. The number of ether oxygens (including phenoxy) is 2. The van der Waals surface area contributed by atoms with Gasteiger partial charge in [-0.1, -0.05) is 41.9 Å². The molecule has 0 atom stereocenters. The fourth-order valence-corrected chi connectivity index (χ4v) is 4.96. The van der Waals surface area contributed by atoms with Gasteiger partial charge >= 0.3 is 0 Å². The number of nitrogens with zero attached hydrogens (tertiary/aromatic N) is 3. The average molecular weight is 614 g/mol. The van der Waals surface area contributed by atoms with E-state index in [-0.39, 0.29) is 64.3 Å². The van der Waals surface area contributed by atoms with E-state index in [0.717, 1.165) is 5.56 Å². The summed E-state index contributed by atoms with van der Waals surface area (Å²) >= 11 is 13.3. The molecule has 2 aromatic heterocycles. The molecular formula is C29H29Cl2N5O6. The van der Waals surface area contributed by atoms with Crippen LogP contribution in [0.1, 0.15) is 5.56 Å². The minimum atomic E-state index is -0.691. The Morgan fingerprint density at radius 1 is 1.10 bits per heavy atom. The number of fused-ring (bicyclic) bond motifs is 1. The fraction of sp³-hybridized carbons (Fsp3) is 0.241. The van der Waals surface area contributed by atoms with E-state index in [1.54, 1.807) is 18.2 Å². The van der Waals surface area contributed by atoms with Crippen LogP contribution in [-0.2, 0) is 17.8 Å². The van der Waals surface area contributed by atoms with Crippen molar-refractivity contribution in [2.24, 2.45) is 0 Å². The molecule has 0 aliphatic heterocycles. The zero-order valence-electron chi connectivity index (χ0n) is 22.9. The van der Waals surface area contributed by atoms with Gasteiger partial charge in [-0.05, 0) is 36.3 Å². The maximum atomic E-state index is 14.1. The number of hydrogen-bond acceptors (Lipinski definition) is 9. The van der Waals surface area contributed by atoms with Gasteiger partial charge in [0.15, 0.2) is 0 Å². The Kier molecular flexibility index (Phi) is 10.0. The fourth-order valence-electron chi connectivity index (χ4n) is 4.26. The molecular weight excluding hydrogens is 585 g/mol. The largest absolute Gasteiger partial charge is 0.495 e. The number of anilines is 2. The highest BCUT2D eigenvalue weighted by Gasteiger charge is 2.23. The third-order valence-electron chi connectivity index (χ3n) is 6.47. The number of aliphatic hydroxyl groups is 2. The van der Waals surface area contributed by atoms with E-state index in [1.807, 2.05) is 12.1 Å². The molecule has 1 amide bonds. The number of carbonyl (C=O) groups excluding carboxylic acids is 1. The van der Waals surface area contributed by atoms with Gasteiger partial charge in [-0.15, -0.1) is 0 Å². The van der Waals surface area contributed by atoms with Gasteiger partial charge in [0, 0.05) is 35.4 Å². The zero-order chi connectivity index (χ0) is 30.4. The number of pyridine rings is 1. The Morgan fingerprint density at radius 2 is 1.74 bits per heavy atom. The highest BCUT2D eigenvalue weighted by molar-refractivity contribution is 6.41. The van der Waals surface area contributed by atoms with Crippen LogP contribution in [0, 0.1) is 0 Å². The lowest BCUT2D eigenvalue weighted by atomic mass is 10.0. The molecule has 0 aliphatic carbocycles. The minimum Gasteiger partial charge on any atom is -0.495 e. The number of rotatable bonds is 12. The van der Waals surface area contributed by atoms with E-state index in [4.69, 9.17) is 32.7 Å². The molecule has 0 bridgehead atoms. The van der Waals surface area contributed by atoms with Crippen LogP contribution in [0.4, 0.5) is 11.6 Å². The second kappa shape index (κ2) is 13.7. The number of hydrogen-bond donors (Lipinski definition) is 4. The summed E-state index contributed by atoms with van der Waals surface area (Å²) in [4.78, 5) is 34.5. The van der Waals surface area contributed by atoms with Gasteiger partial charge < -0.3 is 30.3 Å². The molecule has 0 fully saturated rings. The van der Waals surface area contributed by atoms with Gasteiger partial charge in [0.1, 0.15) is 17.1 Å². The van der Waals surface area contributed by atoms with Crippen LogP contribution >= 0.6 is 23.2 Å². The number of amides is 1. The molecule has 4 rings (SSSR count). The maximum absolute atomic E-state index is 14.1. The van der Waals surface area contributed by atoms with Crippen LogP contribution in [0.5, 0.6) is 11.5 Å². The Hall–Kier alpha value is -4.16. The molecule has 220 valence electrons. The molecule has 0 saturated heterocycles. The molecule has 2 aromatic carbocycles. The summed E-state index contributed by atoms with van der Waals surface area (Å²) in [5.74, 6) is 0.352. The van der Waals surface area contributed by atoms with Crippen molar-refractivity contribution in [3.63, 3.8) is 0 Å². The molecule has 4 aromatic rings. The number of benzene rings is 2. The van der Waals surface area contributed by atoms with Crippen molar-refractivity contribution in [1.29, 1.82) is 0 Å². The number of nitrogens with one attached hydrogen (secondary N) is 2. The summed E-state index contributed by atoms with van der Waals surface area (Å²) < 4.78 is 12.3. The van der Waals surface area contributed by atoms with Crippen LogP contribution in [0.15, 0.2) is 60.0 Å². The summed E-state index contributed by atoms with van der Waals surface area (Å²) in [6.07, 6.45) is 3.13. The van der Waals surface area contributed by atoms with Crippen LogP contribution in [0.2, 0.25) is 10.0 Å². The Morgan fingerprint density at radius 3 is 2.31 bits per heavy atom. The van der Waals surface area contributed by atoms with Gasteiger partial charge in [0.2, 0.25) is 11.9 Å². The average Bonchev–Trinajstić information content (AvgIpc) is 3.00. The van der Waals surface area contributed by atoms with Crippen molar-refractivity contribution in [2.45, 2.75) is 19.0 Å². The van der Waals surface area contributed by atoms with Gasteiger partial charge in [-0.2, -0.15) is 4.98 Å². The first-order chi connectivity index (χ1) is 20.2. The lowest BCUT2D eigenvalue weighted by Gasteiger charge is -2.18. The second-order valence-corrected chi connectivity index (χ2v) is 9.87. The molecule has 0 radical (unpaired) electrons. The van der Waals surface area contributed by atoms with Crippen LogP contribution in [0.25, 0.3) is 22.2 Å². The first-order valence-electron chi connectivity index (χ1n) is 12.8. The van der Waals surface area contributed by atoms with Crippen LogP contribution < -0.4 is 25.7 Å². The van der Waals surface area contributed by atoms with E-state index in [1.165, 1.54) is 37.1 Å². The van der Waals surface area contributed by atoms with E-state index < -0.39 is 11.6 Å². The van der Waals surface area contributed by atoms with E-state index in [9.17, 15) is 19.8 Å². The Labute approximate surface area is 251 Å². The second-order valence-electron chi connectivity index (χ2n) is 9.12. The SMILES string of the molecule is C=CC(=O)Nc1ccc(CCn2c(=O)c(-c3c(Cl)c(OC)cc(OC)c3Cl)cc3cnc(NC(CO)CO)nc32)cc1. The normalized spacial score (nSPS) is 11.0. The molecule has 2 heterocycles. The minimum absolute atomic E-state index is 0.123. The monoisotopic (exact) mass is 613 g/mol. The predicted molar refractivity (Wildman–Crippen MR) is 163 cm³/mol. The third kappa shape index (κ3) is 6.50. The van der Waals surface area contributed by atoms with Crippen LogP contribution in [0.3, 0.4) is 0 Å². The van der Waals surface area contributed by atoms with Crippen molar-refractivity contribution in [1.82, 2.24) is 14.5 Å². The molecule has 0 spiro atoms. The van der Waals surface area contributed by atoms with E-state index in [0.29, 0.717) is 23.1 Å². The highest BCUT2D eigenvalue weighted by atomic mass is 35.5. The molecule has 11 nitrogen and oxygen atoms in total. The highest BCUT2D eigenvalue weighted by Crippen LogP contribution is 2.45.